The highest BCUT2D eigenvalue weighted by Gasteiger charge is 2.42. The fourth-order valence-corrected chi connectivity index (χ4v) is 8.58. The molecule has 0 radical (unpaired) electrons. The minimum Gasteiger partial charge on any atom is -0.493 e. The van der Waals surface area contributed by atoms with E-state index in [1.165, 1.54) is 63.5 Å². The monoisotopic (exact) mass is 699 g/mol. The van der Waals surface area contributed by atoms with E-state index in [0.29, 0.717) is 36.5 Å². The lowest BCUT2D eigenvalue weighted by Gasteiger charge is -2.49. The maximum absolute atomic E-state index is 13.4. The van der Waals surface area contributed by atoms with Crippen molar-refractivity contribution in [2.75, 3.05) is 38.2 Å². The predicted octanol–water partition coefficient (Wildman–Crippen LogP) is 9.54. The first kappa shape index (κ1) is 37.3. The highest BCUT2D eigenvalue weighted by molar-refractivity contribution is 5.88. The molecule has 1 saturated heterocycles. The molecule has 2 saturated carbocycles. The highest BCUT2D eigenvalue weighted by Crippen LogP contribution is 2.51. The van der Waals surface area contributed by atoms with Crippen LogP contribution in [-0.2, 0) is 22.5 Å². The quantitative estimate of drug-likeness (QED) is 0.191. The first-order valence-electron chi connectivity index (χ1n) is 19.2. The van der Waals surface area contributed by atoms with Crippen molar-refractivity contribution in [1.82, 2.24) is 9.88 Å². The topological polar surface area (TPSA) is 75.1 Å². The molecule has 8 heteroatoms. The maximum Gasteiger partial charge on any atom is 0.337 e. The highest BCUT2D eigenvalue weighted by atomic mass is 19.1. The summed E-state index contributed by atoms with van der Waals surface area (Å²) < 4.78 is 25.9. The molecule has 2 aromatic carbocycles. The van der Waals surface area contributed by atoms with Crippen molar-refractivity contribution in [2.45, 2.75) is 117 Å². The van der Waals surface area contributed by atoms with E-state index >= 15 is 0 Å². The van der Waals surface area contributed by atoms with Gasteiger partial charge in [-0.25, -0.2) is 9.18 Å². The molecule has 6 rings (SSSR count). The van der Waals surface area contributed by atoms with E-state index in [1.54, 1.807) is 12.1 Å². The number of halogens is 1. The number of hydrogen-bond donors (Lipinski definition) is 1. The summed E-state index contributed by atoms with van der Waals surface area (Å²) in [7, 11) is 2.20. The molecular weight excluding hydrogens is 641 g/mol. The Labute approximate surface area is 304 Å². The number of benzene rings is 2. The van der Waals surface area contributed by atoms with Crippen molar-refractivity contribution in [2.24, 2.45) is 11.3 Å². The van der Waals surface area contributed by atoms with Gasteiger partial charge >= 0.3 is 5.97 Å². The van der Waals surface area contributed by atoms with Crippen molar-refractivity contribution in [3.8, 4) is 16.9 Å². The third-order valence-corrected chi connectivity index (χ3v) is 11.4. The molecule has 1 N–H and O–H groups in total. The van der Waals surface area contributed by atoms with Crippen LogP contribution in [0.3, 0.4) is 0 Å². The summed E-state index contributed by atoms with van der Waals surface area (Å²) in [6, 6.07) is 14.7. The summed E-state index contributed by atoms with van der Waals surface area (Å²) in [6.07, 6.45) is 12.1. The lowest BCUT2D eigenvalue weighted by Crippen LogP contribution is -2.44. The minimum absolute atomic E-state index is 0.241. The van der Waals surface area contributed by atoms with Crippen molar-refractivity contribution in [1.29, 1.82) is 0 Å². The Morgan fingerprint density at radius 1 is 1.00 bits per heavy atom. The van der Waals surface area contributed by atoms with E-state index in [4.69, 9.17) is 14.5 Å². The third kappa shape index (κ3) is 9.31. The Kier molecular flexibility index (Phi) is 11.7. The Morgan fingerprint density at radius 2 is 1.67 bits per heavy atom. The summed E-state index contributed by atoms with van der Waals surface area (Å²) >= 11 is 0. The molecule has 0 bridgehead atoms. The van der Waals surface area contributed by atoms with Crippen LogP contribution in [-0.4, -0.2) is 59.8 Å². The van der Waals surface area contributed by atoms with Gasteiger partial charge in [0.25, 0.3) is 0 Å². The van der Waals surface area contributed by atoms with Crippen molar-refractivity contribution >= 4 is 11.7 Å². The first-order chi connectivity index (χ1) is 24.4. The molecule has 1 unspecified atom stereocenters. The van der Waals surface area contributed by atoms with Gasteiger partial charge in [-0.3, -0.25) is 4.98 Å². The Hall–Kier alpha value is -3.49. The van der Waals surface area contributed by atoms with Crippen molar-refractivity contribution < 1.29 is 23.8 Å². The van der Waals surface area contributed by atoms with E-state index in [-0.39, 0.29) is 5.82 Å². The number of nitrogens with zero attached hydrogens (tertiary/aromatic N) is 3. The number of aromatic nitrogens is 1. The number of anilines is 1. The van der Waals surface area contributed by atoms with Gasteiger partial charge in [-0.15, -0.1) is 0 Å². The molecule has 1 aliphatic heterocycles. The van der Waals surface area contributed by atoms with Gasteiger partial charge in [0.1, 0.15) is 11.6 Å². The molecule has 3 fully saturated rings. The molecule has 0 amide bonds. The SMILES string of the molecule is Cc1nc(CN(C)CC2CCCCC2)c(-c2ccc(OCCc3ccc(F)cc3)cc2)c(N2CCC3(CCC3)CC2)c1C(OC(C)(C)C)C(=O)O. The van der Waals surface area contributed by atoms with Gasteiger partial charge in [0.15, 0.2) is 6.10 Å². The molecule has 276 valence electrons. The number of rotatable bonds is 13. The van der Waals surface area contributed by atoms with Gasteiger partial charge in [-0.2, -0.15) is 0 Å². The molecule has 7 nitrogen and oxygen atoms in total. The van der Waals surface area contributed by atoms with E-state index in [2.05, 4.69) is 29.0 Å². The first-order valence-corrected chi connectivity index (χ1v) is 19.2. The Bertz CT molecular complexity index is 1610. The molecule has 51 heavy (non-hydrogen) atoms. The van der Waals surface area contributed by atoms with Crippen LogP contribution in [0.1, 0.15) is 114 Å². The smallest absolute Gasteiger partial charge is 0.337 e. The van der Waals surface area contributed by atoms with Gasteiger partial charge < -0.3 is 24.4 Å². The van der Waals surface area contributed by atoms with Crippen molar-refractivity contribution in [3.63, 3.8) is 0 Å². The van der Waals surface area contributed by atoms with Gasteiger partial charge in [0, 0.05) is 49.4 Å². The fraction of sp³-hybridized carbons (Fsp3) is 0.581. The number of carboxylic acids is 1. The number of ether oxygens (including phenoxy) is 2. The van der Waals surface area contributed by atoms with Crippen LogP contribution in [0, 0.1) is 24.1 Å². The molecular formula is C43H58FN3O4. The molecule has 2 aliphatic carbocycles. The molecule has 1 aromatic heterocycles. The van der Waals surface area contributed by atoms with Crippen LogP contribution in [0.5, 0.6) is 5.75 Å². The second kappa shape index (κ2) is 16.0. The number of aryl methyl sites for hydroxylation is 1. The van der Waals surface area contributed by atoms with Crippen LogP contribution < -0.4 is 9.64 Å². The average Bonchev–Trinajstić information content (AvgIpc) is 3.08. The normalized spacial score (nSPS) is 18.5. The number of piperidine rings is 1. The summed E-state index contributed by atoms with van der Waals surface area (Å²) in [5.74, 6) is 0.204. The zero-order valence-electron chi connectivity index (χ0n) is 31.5. The Balaban J connectivity index is 1.39. The minimum atomic E-state index is -1.16. The number of aliphatic carboxylic acids is 1. The fourth-order valence-electron chi connectivity index (χ4n) is 8.58. The molecule has 1 atom stereocenters. The van der Waals surface area contributed by atoms with Crippen LogP contribution in [0.4, 0.5) is 10.1 Å². The lowest BCUT2D eigenvalue weighted by atomic mass is 9.63. The van der Waals surface area contributed by atoms with E-state index in [1.807, 2.05) is 39.8 Å². The van der Waals surface area contributed by atoms with Gasteiger partial charge in [0.2, 0.25) is 0 Å². The third-order valence-electron chi connectivity index (χ3n) is 11.4. The summed E-state index contributed by atoms with van der Waals surface area (Å²) in [4.78, 5) is 23.2. The largest absolute Gasteiger partial charge is 0.493 e. The standard InChI is InChI=1S/C43H58FN3O4/c1-30-37(40(41(48)49)51-42(2,3)4)39(47-25-23-43(24-26-47)21-9-22-43)38(36(45-30)29-46(5)28-32-10-7-6-8-11-32)33-14-18-35(19-15-33)50-27-20-31-12-16-34(44)17-13-31/h12-19,32,40H,6-11,20-29H2,1-5H3,(H,48,49). The predicted molar refractivity (Wildman–Crippen MR) is 202 cm³/mol. The average molecular weight is 700 g/mol. The molecule has 2 heterocycles. The van der Waals surface area contributed by atoms with Gasteiger partial charge in [0.05, 0.1) is 23.6 Å². The second-order valence-corrected chi connectivity index (χ2v) is 16.5. The second-order valence-electron chi connectivity index (χ2n) is 16.5. The number of hydrogen-bond acceptors (Lipinski definition) is 6. The van der Waals surface area contributed by atoms with Gasteiger partial charge in [-0.05, 0) is 120 Å². The van der Waals surface area contributed by atoms with E-state index in [0.717, 1.165) is 72.0 Å². The van der Waals surface area contributed by atoms with E-state index in [9.17, 15) is 14.3 Å². The summed E-state index contributed by atoms with van der Waals surface area (Å²) in [6.45, 7) is 11.6. The number of carboxylic acid groups (broad SMARTS) is 1. The maximum atomic E-state index is 13.4. The van der Waals surface area contributed by atoms with Crippen LogP contribution in [0.25, 0.3) is 11.1 Å². The molecule has 3 aromatic rings. The van der Waals surface area contributed by atoms with Crippen LogP contribution in [0.15, 0.2) is 48.5 Å². The lowest BCUT2D eigenvalue weighted by molar-refractivity contribution is -0.160. The van der Waals surface area contributed by atoms with E-state index < -0.39 is 17.7 Å². The zero-order chi connectivity index (χ0) is 36.2. The van der Waals surface area contributed by atoms with Gasteiger partial charge in [-0.1, -0.05) is 49.9 Å². The zero-order valence-corrected chi connectivity index (χ0v) is 31.5. The summed E-state index contributed by atoms with van der Waals surface area (Å²) in [5, 5.41) is 10.7. The molecule has 3 aliphatic rings. The number of carbonyl (C=O) groups is 1. The number of pyridine rings is 1. The van der Waals surface area contributed by atoms with Crippen LogP contribution in [0.2, 0.25) is 0 Å². The van der Waals surface area contributed by atoms with Crippen LogP contribution >= 0.6 is 0 Å². The van der Waals surface area contributed by atoms with Crippen molar-refractivity contribution in [3.05, 3.63) is 76.9 Å². The molecule has 1 spiro atoms. The summed E-state index contributed by atoms with van der Waals surface area (Å²) in [5.41, 5.74) is 6.09. The Morgan fingerprint density at radius 3 is 2.25 bits per heavy atom.